The molecule has 5 nitrogen and oxygen atoms in total. The Bertz CT molecular complexity index is 462. The SMILES string of the molecule is CCC(=O)c1cncc(OCC2CCCN2C(C)C)n1. The van der Waals surface area contributed by atoms with E-state index in [4.69, 9.17) is 4.74 Å². The zero-order chi connectivity index (χ0) is 14.5. The van der Waals surface area contributed by atoms with Crippen molar-refractivity contribution in [2.24, 2.45) is 0 Å². The van der Waals surface area contributed by atoms with Crippen LogP contribution in [-0.2, 0) is 0 Å². The summed E-state index contributed by atoms with van der Waals surface area (Å²) in [6.07, 6.45) is 5.86. The van der Waals surface area contributed by atoms with Crippen LogP contribution in [0.5, 0.6) is 5.88 Å². The molecule has 1 aromatic heterocycles. The van der Waals surface area contributed by atoms with Crippen molar-refractivity contribution in [1.29, 1.82) is 0 Å². The Balaban J connectivity index is 1.95. The lowest BCUT2D eigenvalue weighted by molar-refractivity contribution is 0.0980. The second-order valence-corrected chi connectivity index (χ2v) is 5.46. The van der Waals surface area contributed by atoms with E-state index in [-0.39, 0.29) is 5.78 Å². The third-order valence-corrected chi connectivity index (χ3v) is 3.73. The van der Waals surface area contributed by atoms with Crippen molar-refractivity contribution < 1.29 is 9.53 Å². The van der Waals surface area contributed by atoms with Crippen LogP contribution in [0.25, 0.3) is 0 Å². The molecule has 0 aromatic carbocycles. The molecule has 0 saturated carbocycles. The van der Waals surface area contributed by atoms with E-state index in [2.05, 4.69) is 28.7 Å². The summed E-state index contributed by atoms with van der Waals surface area (Å²) < 4.78 is 5.74. The van der Waals surface area contributed by atoms with Gasteiger partial charge in [0, 0.05) is 18.5 Å². The first kappa shape index (κ1) is 14.9. The highest BCUT2D eigenvalue weighted by atomic mass is 16.5. The van der Waals surface area contributed by atoms with Gasteiger partial charge < -0.3 is 4.74 Å². The molecule has 2 rings (SSSR count). The van der Waals surface area contributed by atoms with Crippen molar-refractivity contribution >= 4 is 5.78 Å². The van der Waals surface area contributed by atoms with Gasteiger partial charge in [-0.2, -0.15) is 0 Å². The molecule has 5 heteroatoms. The van der Waals surface area contributed by atoms with Crippen LogP contribution in [0.15, 0.2) is 12.4 Å². The lowest BCUT2D eigenvalue weighted by Crippen LogP contribution is -2.39. The Labute approximate surface area is 120 Å². The summed E-state index contributed by atoms with van der Waals surface area (Å²) in [5.41, 5.74) is 0.386. The first-order valence-corrected chi connectivity index (χ1v) is 7.35. The second-order valence-electron chi connectivity index (χ2n) is 5.46. The van der Waals surface area contributed by atoms with Crippen molar-refractivity contribution in [2.45, 2.75) is 52.1 Å². The fourth-order valence-corrected chi connectivity index (χ4v) is 2.63. The summed E-state index contributed by atoms with van der Waals surface area (Å²) in [4.78, 5) is 22.3. The molecule has 0 amide bonds. The molecule has 2 heterocycles. The first-order chi connectivity index (χ1) is 9.61. The van der Waals surface area contributed by atoms with Gasteiger partial charge in [0.15, 0.2) is 5.78 Å². The van der Waals surface area contributed by atoms with Crippen LogP contribution in [0, 0.1) is 0 Å². The van der Waals surface area contributed by atoms with Crippen molar-refractivity contribution in [3.63, 3.8) is 0 Å². The number of aromatic nitrogens is 2. The van der Waals surface area contributed by atoms with Crippen LogP contribution in [0.2, 0.25) is 0 Å². The summed E-state index contributed by atoms with van der Waals surface area (Å²) in [6.45, 7) is 7.97. The number of carbonyl (C=O) groups excluding carboxylic acids is 1. The Kier molecular flexibility index (Phi) is 5.06. The Morgan fingerprint density at radius 3 is 3.00 bits per heavy atom. The fraction of sp³-hybridized carbons (Fsp3) is 0.667. The monoisotopic (exact) mass is 277 g/mol. The van der Waals surface area contributed by atoms with Crippen LogP contribution in [0.3, 0.4) is 0 Å². The fourth-order valence-electron chi connectivity index (χ4n) is 2.63. The summed E-state index contributed by atoms with van der Waals surface area (Å²) in [5, 5.41) is 0. The molecule has 1 atom stereocenters. The highest BCUT2D eigenvalue weighted by Gasteiger charge is 2.27. The number of nitrogens with zero attached hydrogens (tertiary/aromatic N) is 3. The van der Waals surface area contributed by atoms with E-state index in [9.17, 15) is 4.79 Å². The Hall–Kier alpha value is -1.49. The van der Waals surface area contributed by atoms with Gasteiger partial charge in [0.25, 0.3) is 0 Å². The van der Waals surface area contributed by atoms with E-state index in [1.807, 2.05) is 6.92 Å². The number of hydrogen-bond acceptors (Lipinski definition) is 5. The van der Waals surface area contributed by atoms with Crippen molar-refractivity contribution in [2.75, 3.05) is 13.2 Å². The second kappa shape index (κ2) is 6.79. The van der Waals surface area contributed by atoms with E-state index >= 15 is 0 Å². The van der Waals surface area contributed by atoms with Gasteiger partial charge in [-0.25, -0.2) is 4.98 Å². The zero-order valence-corrected chi connectivity index (χ0v) is 12.5. The van der Waals surface area contributed by atoms with Gasteiger partial charge in [-0.3, -0.25) is 14.7 Å². The van der Waals surface area contributed by atoms with E-state index in [1.165, 1.54) is 12.6 Å². The molecule has 0 aliphatic carbocycles. The minimum Gasteiger partial charge on any atom is -0.475 e. The van der Waals surface area contributed by atoms with Gasteiger partial charge in [0.2, 0.25) is 5.88 Å². The maximum absolute atomic E-state index is 11.6. The van der Waals surface area contributed by atoms with Crippen LogP contribution < -0.4 is 4.74 Å². The number of rotatable bonds is 6. The zero-order valence-electron chi connectivity index (χ0n) is 12.5. The summed E-state index contributed by atoms with van der Waals surface area (Å²) in [5.74, 6) is 0.438. The van der Waals surface area contributed by atoms with Crippen LogP contribution in [-0.4, -0.2) is 45.9 Å². The third kappa shape index (κ3) is 3.54. The molecule has 20 heavy (non-hydrogen) atoms. The molecule has 110 valence electrons. The van der Waals surface area contributed by atoms with E-state index in [1.54, 1.807) is 6.20 Å². The number of likely N-dealkylation sites (tertiary alicyclic amines) is 1. The molecule has 0 N–H and O–H groups in total. The molecule has 1 fully saturated rings. The number of ketones is 1. The standard InChI is InChI=1S/C15H23N3O2/c1-4-14(19)13-8-16-9-15(17-13)20-10-12-6-5-7-18(12)11(2)3/h8-9,11-12H,4-7,10H2,1-3H3. The van der Waals surface area contributed by atoms with Crippen LogP contribution >= 0.6 is 0 Å². The molecule has 1 aliphatic heterocycles. The van der Waals surface area contributed by atoms with Crippen LogP contribution in [0.1, 0.15) is 50.5 Å². The van der Waals surface area contributed by atoms with E-state index < -0.39 is 0 Å². The van der Waals surface area contributed by atoms with Crippen molar-refractivity contribution in [1.82, 2.24) is 14.9 Å². The minimum absolute atomic E-state index is 0.00683. The predicted molar refractivity (Wildman–Crippen MR) is 77.0 cm³/mol. The van der Waals surface area contributed by atoms with Gasteiger partial charge in [-0.05, 0) is 33.2 Å². The molecular weight excluding hydrogens is 254 g/mol. The molecule has 0 spiro atoms. The molecular formula is C15H23N3O2. The quantitative estimate of drug-likeness (QED) is 0.747. The lowest BCUT2D eigenvalue weighted by atomic mass is 10.2. The Morgan fingerprint density at radius 1 is 1.50 bits per heavy atom. The normalized spacial score (nSPS) is 19.5. The minimum atomic E-state index is -0.00683. The van der Waals surface area contributed by atoms with Crippen molar-refractivity contribution in [3.8, 4) is 5.88 Å². The smallest absolute Gasteiger partial charge is 0.233 e. The van der Waals surface area contributed by atoms with Gasteiger partial charge in [0.05, 0.1) is 12.4 Å². The lowest BCUT2D eigenvalue weighted by Gasteiger charge is -2.27. The molecule has 1 unspecified atom stereocenters. The Morgan fingerprint density at radius 2 is 2.30 bits per heavy atom. The molecule has 0 bridgehead atoms. The van der Waals surface area contributed by atoms with Gasteiger partial charge in [0.1, 0.15) is 12.3 Å². The molecule has 1 aliphatic rings. The first-order valence-electron chi connectivity index (χ1n) is 7.35. The van der Waals surface area contributed by atoms with Gasteiger partial charge in [-0.1, -0.05) is 6.92 Å². The highest BCUT2D eigenvalue weighted by Crippen LogP contribution is 2.20. The number of Topliss-reactive ketones (excluding diaryl/α,β-unsaturated/α-hetero) is 1. The average Bonchev–Trinajstić information content (AvgIpc) is 2.93. The van der Waals surface area contributed by atoms with Gasteiger partial charge in [-0.15, -0.1) is 0 Å². The predicted octanol–water partition coefficient (Wildman–Crippen LogP) is 2.32. The molecule has 0 radical (unpaired) electrons. The number of ether oxygens (including phenoxy) is 1. The largest absolute Gasteiger partial charge is 0.475 e. The topological polar surface area (TPSA) is 55.3 Å². The maximum atomic E-state index is 11.6. The molecule has 1 aromatic rings. The number of hydrogen-bond donors (Lipinski definition) is 0. The molecule has 1 saturated heterocycles. The average molecular weight is 277 g/mol. The summed E-state index contributed by atoms with van der Waals surface area (Å²) in [6, 6.07) is 0.965. The highest BCUT2D eigenvalue weighted by molar-refractivity contribution is 5.93. The van der Waals surface area contributed by atoms with Gasteiger partial charge >= 0.3 is 0 Å². The van der Waals surface area contributed by atoms with E-state index in [0.29, 0.717) is 36.7 Å². The summed E-state index contributed by atoms with van der Waals surface area (Å²) in [7, 11) is 0. The van der Waals surface area contributed by atoms with Crippen molar-refractivity contribution in [3.05, 3.63) is 18.1 Å². The maximum Gasteiger partial charge on any atom is 0.233 e. The third-order valence-electron chi connectivity index (χ3n) is 3.73. The van der Waals surface area contributed by atoms with E-state index in [0.717, 1.165) is 13.0 Å². The number of carbonyl (C=O) groups is 1. The summed E-state index contributed by atoms with van der Waals surface area (Å²) >= 11 is 0. The van der Waals surface area contributed by atoms with Crippen LogP contribution in [0.4, 0.5) is 0 Å².